The van der Waals surface area contributed by atoms with Crippen LogP contribution in [0.1, 0.15) is 26.4 Å². The third kappa shape index (κ3) is 3.64. The van der Waals surface area contributed by atoms with Crippen LogP contribution in [0.2, 0.25) is 0 Å². The van der Waals surface area contributed by atoms with E-state index in [0.29, 0.717) is 32.6 Å². The molecule has 0 bridgehead atoms. The number of benzene rings is 2. The lowest BCUT2D eigenvalue weighted by molar-refractivity contribution is 0.0607. The normalized spacial score (nSPS) is 11.3. The third-order valence-corrected chi connectivity index (χ3v) is 6.08. The van der Waals surface area contributed by atoms with Crippen LogP contribution in [0, 0.1) is 13.8 Å². The summed E-state index contributed by atoms with van der Waals surface area (Å²) >= 11 is 1.22. The highest BCUT2D eigenvalue weighted by Crippen LogP contribution is 2.29. The molecule has 0 atom stereocenters. The van der Waals surface area contributed by atoms with Gasteiger partial charge >= 0.3 is 5.97 Å². The van der Waals surface area contributed by atoms with E-state index in [2.05, 4.69) is 4.99 Å². The predicted molar refractivity (Wildman–Crippen MR) is 124 cm³/mol. The molecule has 0 spiro atoms. The fourth-order valence-electron chi connectivity index (χ4n) is 3.38. The Morgan fingerprint density at radius 1 is 1.10 bits per heavy atom. The first-order valence-corrected chi connectivity index (χ1v) is 10.4. The second-order valence-electron chi connectivity index (χ2n) is 7.08. The molecule has 6 nitrogen and oxygen atoms in total. The summed E-state index contributed by atoms with van der Waals surface area (Å²) in [7, 11) is 1.31. The van der Waals surface area contributed by atoms with E-state index in [4.69, 9.17) is 4.74 Å². The molecule has 156 valence electrons. The van der Waals surface area contributed by atoms with E-state index in [1.165, 1.54) is 29.2 Å². The van der Waals surface area contributed by atoms with Crippen molar-refractivity contribution in [2.45, 2.75) is 13.8 Å². The van der Waals surface area contributed by atoms with E-state index in [0.717, 1.165) is 11.1 Å². The number of pyridine rings is 1. The van der Waals surface area contributed by atoms with Crippen LogP contribution in [0.25, 0.3) is 16.5 Å². The van der Waals surface area contributed by atoms with Crippen molar-refractivity contribution in [1.29, 1.82) is 0 Å². The van der Waals surface area contributed by atoms with Gasteiger partial charge in [0.05, 0.1) is 24.0 Å². The molecule has 1 N–H and O–H groups in total. The molecule has 0 unspecified atom stereocenters. The van der Waals surface area contributed by atoms with Crippen molar-refractivity contribution >= 4 is 40.0 Å². The average Bonchev–Trinajstić information content (AvgIpc) is 3.24. The van der Waals surface area contributed by atoms with Crippen LogP contribution in [0.5, 0.6) is 5.88 Å². The topological polar surface area (TPSA) is 80.9 Å². The van der Waals surface area contributed by atoms with Gasteiger partial charge in [0.25, 0.3) is 5.56 Å². The van der Waals surface area contributed by atoms with E-state index >= 15 is 0 Å². The Morgan fingerprint density at radius 2 is 1.84 bits per heavy atom. The van der Waals surface area contributed by atoms with Gasteiger partial charge in [0, 0.05) is 17.0 Å². The van der Waals surface area contributed by atoms with Crippen molar-refractivity contribution in [1.82, 2.24) is 4.57 Å². The molecule has 0 radical (unpaired) electrons. The number of aryl methyl sites for hydroxylation is 2. The van der Waals surface area contributed by atoms with Crippen LogP contribution in [0.3, 0.4) is 0 Å². The molecule has 0 aliphatic heterocycles. The number of aromatic hydroxyl groups is 1. The number of aliphatic imine (C=N–C) groups is 1. The van der Waals surface area contributed by atoms with Crippen molar-refractivity contribution < 1.29 is 14.6 Å². The first-order valence-electron chi connectivity index (χ1n) is 9.56. The van der Waals surface area contributed by atoms with E-state index < -0.39 is 5.97 Å². The molecule has 0 amide bonds. The number of thiophene rings is 1. The minimum absolute atomic E-state index is 0.217. The standard InChI is InChI=1S/C24H20N2O4S/c1-14-8-9-16(12-15(14)2)26-22(27)18-7-5-4-6-17(18)19(23(26)28)13-25-20-10-11-31-21(20)24(29)30-3/h4-13,28H,1-3H3. The lowest BCUT2D eigenvalue weighted by Crippen LogP contribution is -2.20. The molecule has 4 aromatic rings. The highest BCUT2D eigenvalue weighted by molar-refractivity contribution is 7.12. The van der Waals surface area contributed by atoms with Crippen molar-refractivity contribution in [3.05, 3.63) is 85.8 Å². The van der Waals surface area contributed by atoms with Gasteiger partial charge < -0.3 is 9.84 Å². The number of aromatic nitrogens is 1. The minimum atomic E-state index is -0.476. The van der Waals surface area contributed by atoms with Gasteiger partial charge in [-0.05, 0) is 54.6 Å². The molecule has 2 aromatic carbocycles. The largest absolute Gasteiger partial charge is 0.494 e. The fourth-order valence-corrected chi connectivity index (χ4v) is 4.13. The Labute approximate surface area is 182 Å². The zero-order valence-corrected chi connectivity index (χ0v) is 18.1. The van der Waals surface area contributed by atoms with E-state index in [1.807, 2.05) is 26.0 Å². The molecule has 0 fully saturated rings. The fraction of sp³-hybridized carbons (Fsp3) is 0.125. The van der Waals surface area contributed by atoms with Crippen molar-refractivity contribution in [3.63, 3.8) is 0 Å². The zero-order valence-electron chi connectivity index (χ0n) is 17.2. The number of carbonyl (C=O) groups is 1. The monoisotopic (exact) mass is 432 g/mol. The molecule has 2 heterocycles. The molecule has 0 saturated heterocycles. The van der Waals surface area contributed by atoms with E-state index in [1.54, 1.807) is 41.8 Å². The van der Waals surface area contributed by atoms with Crippen molar-refractivity contribution in [2.24, 2.45) is 4.99 Å². The zero-order chi connectivity index (χ0) is 22.1. The first kappa shape index (κ1) is 20.6. The molecule has 2 aromatic heterocycles. The van der Waals surface area contributed by atoms with Crippen LogP contribution in [0.15, 0.2) is 63.7 Å². The molecule has 4 rings (SSSR count). The minimum Gasteiger partial charge on any atom is -0.494 e. The van der Waals surface area contributed by atoms with Gasteiger partial charge in [-0.2, -0.15) is 0 Å². The van der Waals surface area contributed by atoms with E-state index in [9.17, 15) is 14.7 Å². The number of rotatable bonds is 4. The van der Waals surface area contributed by atoms with Gasteiger partial charge in [0.15, 0.2) is 0 Å². The summed E-state index contributed by atoms with van der Waals surface area (Å²) in [5.41, 5.74) is 3.16. The summed E-state index contributed by atoms with van der Waals surface area (Å²) in [4.78, 5) is 29.9. The summed E-state index contributed by atoms with van der Waals surface area (Å²) in [5, 5.41) is 13.9. The van der Waals surface area contributed by atoms with Gasteiger partial charge in [0.1, 0.15) is 4.88 Å². The molecule has 7 heteroatoms. The van der Waals surface area contributed by atoms with E-state index in [-0.39, 0.29) is 11.4 Å². The number of carbonyl (C=O) groups excluding carboxylic acids is 1. The second kappa shape index (κ2) is 8.20. The van der Waals surface area contributed by atoms with Gasteiger partial charge in [0.2, 0.25) is 5.88 Å². The number of ether oxygens (including phenoxy) is 1. The second-order valence-corrected chi connectivity index (χ2v) is 7.99. The maximum atomic E-state index is 13.2. The van der Waals surface area contributed by atoms with Gasteiger partial charge in [-0.1, -0.05) is 24.3 Å². The van der Waals surface area contributed by atoms with Crippen molar-refractivity contribution in [2.75, 3.05) is 7.11 Å². The lowest BCUT2D eigenvalue weighted by Gasteiger charge is -2.14. The first-order chi connectivity index (χ1) is 14.9. The number of nitrogens with zero attached hydrogens (tertiary/aromatic N) is 2. The maximum Gasteiger partial charge on any atom is 0.350 e. The maximum absolute atomic E-state index is 13.2. The average molecular weight is 433 g/mol. The summed E-state index contributed by atoms with van der Waals surface area (Å²) in [5.74, 6) is -0.693. The molecular weight excluding hydrogens is 412 g/mol. The highest BCUT2D eigenvalue weighted by Gasteiger charge is 2.18. The SMILES string of the molecule is COC(=O)c1sccc1N=Cc1c(O)n(-c2ccc(C)c(C)c2)c(=O)c2ccccc12. The predicted octanol–water partition coefficient (Wildman–Crippen LogP) is 4.91. The van der Waals surface area contributed by atoms with Crippen LogP contribution < -0.4 is 5.56 Å². The number of fused-ring (bicyclic) bond motifs is 1. The summed E-state index contributed by atoms with van der Waals surface area (Å²) in [6.45, 7) is 3.94. The quantitative estimate of drug-likeness (QED) is 0.367. The molecular formula is C24H20N2O4S. The highest BCUT2D eigenvalue weighted by atomic mass is 32.1. The van der Waals surface area contributed by atoms with Crippen LogP contribution in [-0.4, -0.2) is 29.0 Å². The van der Waals surface area contributed by atoms with Gasteiger partial charge in [-0.25, -0.2) is 9.36 Å². The third-order valence-electron chi connectivity index (χ3n) is 5.20. The Morgan fingerprint density at radius 3 is 2.55 bits per heavy atom. The van der Waals surface area contributed by atoms with Crippen LogP contribution in [-0.2, 0) is 4.74 Å². The number of esters is 1. The smallest absolute Gasteiger partial charge is 0.350 e. The van der Waals surface area contributed by atoms with Gasteiger partial charge in [-0.15, -0.1) is 11.3 Å². The molecule has 31 heavy (non-hydrogen) atoms. The number of hydrogen-bond acceptors (Lipinski definition) is 6. The Balaban J connectivity index is 1.95. The number of hydrogen-bond donors (Lipinski definition) is 1. The molecule has 0 aliphatic rings. The summed E-state index contributed by atoms with van der Waals surface area (Å²) in [6, 6.07) is 14.3. The summed E-state index contributed by atoms with van der Waals surface area (Å²) < 4.78 is 6.08. The molecule has 0 aliphatic carbocycles. The Hall–Kier alpha value is -3.71. The van der Waals surface area contributed by atoms with Gasteiger partial charge in [-0.3, -0.25) is 9.79 Å². The lowest BCUT2D eigenvalue weighted by atomic mass is 10.1. The Bertz CT molecular complexity index is 1400. The number of methoxy groups -OCH3 is 1. The molecule has 0 saturated carbocycles. The van der Waals surface area contributed by atoms with Crippen LogP contribution in [0.4, 0.5) is 5.69 Å². The van der Waals surface area contributed by atoms with Crippen molar-refractivity contribution in [3.8, 4) is 11.6 Å². The Kier molecular flexibility index (Phi) is 5.44. The van der Waals surface area contributed by atoms with Crippen LogP contribution >= 0.6 is 11.3 Å². The summed E-state index contributed by atoms with van der Waals surface area (Å²) in [6.07, 6.45) is 1.48.